The number of benzene rings is 2. The van der Waals surface area contributed by atoms with Crippen LogP contribution in [0.25, 0.3) is 0 Å². The molecular formula is C22H31NO5S. The number of ether oxygens (including phenoxy) is 3. The zero-order valence-electron chi connectivity index (χ0n) is 18.2. The molecule has 2 aromatic carbocycles. The first-order valence-electron chi connectivity index (χ1n) is 9.61. The predicted octanol–water partition coefficient (Wildman–Crippen LogP) is 4.57. The molecule has 0 bridgehead atoms. The molecule has 29 heavy (non-hydrogen) atoms. The Morgan fingerprint density at radius 3 is 2.07 bits per heavy atom. The number of methoxy groups -OCH3 is 3. The van der Waals surface area contributed by atoms with Crippen LogP contribution in [0.2, 0.25) is 0 Å². The highest BCUT2D eigenvalue weighted by molar-refractivity contribution is 7.89. The van der Waals surface area contributed by atoms with Gasteiger partial charge < -0.3 is 14.2 Å². The van der Waals surface area contributed by atoms with Crippen molar-refractivity contribution < 1.29 is 22.6 Å². The molecule has 1 N–H and O–H groups in total. The Morgan fingerprint density at radius 1 is 0.931 bits per heavy atom. The molecule has 2 rings (SSSR count). The van der Waals surface area contributed by atoms with Gasteiger partial charge in [-0.25, -0.2) is 13.1 Å². The molecule has 6 nitrogen and oxygen atoms in total. The molecule has 0 amide bonds. The first kappa shape index (κ1) is 23.0. The van der Waals surface area contributed by atoms with E-state index in [1.807, 2.05) is 26.8 Å². The van der Waals surface area contributed by atoms with Gasteiger partial charge in [0.2, 0.25) is 10.0 Å². The molecule has 1 atom stereocenters. The summed E-state index contributed by atoms with van der Waals surface area (Å²) in [5.74, 6) is 1.99. The highest BCUT2D eigenvalue weighted by Gasteiger charge is 2.25. The standard InChI is InChI=1S/C22H31NO5S/c1-8-18(16-9-10-19(26-5)21(12-16)28-7)23-29(24,25)22-13-17(14(2)3)20(27-6)11-15(22)4/h9-14,18,23H,8H2,1-7H3. The smallest absolute Gasteiger partial charge is 0.241 e. The van der Waals surface area contributed by atoms with Gasteiger partial charge in [0.1, 0.15) is 5.75 Å². The molecule has 1 unspecified atom stereocenters. The van der Waals surface area contributed by atoms with Crippen molar-refractivity contribution in [3.8, 4) is 17.2 Å². The van der Waals surface area contributed by atoms with E-state index in [9.17, 15) is 8.42 Å². The maximum absolute atomic E-state index is 13.2. The van der Waals surface area contributed by atoms with E-state index in [1.165, 1.54) is 0 Å². The third-order valence-corrected chi connectivity index (χ3v) is 6.57. The van der Waals surface area contributed by atoms with E-state index in [2.05, 4.69) is 4.72 Å². The molecule has 0 aromatic heterocycles. The maximum Gasteiger partial charge on any atom is 0.241 e. The zero-order chi connectivity index (χ0) is 21.8. The minimum absolute atomic E-state index is 0.132. The summed E-state index contributed by atoms with van der Waals surface area (Å²) in [7, 11) is 0.972. The fourth-order valence-corrected chi connectivity index (χ4v) is 4.87. The first-order chi connectivity index (χ1) is 13.7. The zero-order valence-corrected chi connectivity index (χ0v) is 19.0. The van der Waals surface area contributed by atoms with Crippen LogP contribution in [-0.2, 0) is 10.0 Å². The summed E-state index contributed by atoms with van der Waals surface area (Å²) in [6.07, 6.45) is 0.584. The van der Waals surface area contributed by atoms with E-state index in [0.29, 0.717) is 29.2 Å². The monoisotopic (exact) mass is 421 g/mol. The minimum atomic E-state index is -3.74. The van der Waals surface area contributed by atoms with Crippen molar-refractivity contribution in [1.82, 2.24) is 4.72 Å². The molecule has 0 saturated carbocycles. The summed E-state index contributed by atoms with van der Waals surface area (Å²) in [6, 6.07) is 8.52. The van der Waals surface area contributed by atoms with E-state index in [4.69, 9.17) is 14.2 Å². The van der Waals surface area contributed by atoms with Gasteiger partial charge in [0.15, 0.2) is 11.5 Å². The van der Waals surface area contributed by atoms with Gasteiger partial charge in [-0.15, -0.1) is 0 Å². The number of hydrogen-bond acceptors (Lipinski definition) is 5. The van der Waals surface area contributed by atoms with E-state index in [1.54, 1.807) is 52.5 Å². The molecule has 0 aliphatic rings. The van der Waals surface area contributed by atoms with E-state index in [0.717, 1.165) is 11.1 Å². The molecule has 7 heteroatoms. The molecule has 160 valence electrons. The van der Waals surface area contributed by atoms with Crippen LogP contribution in [0.4, 0.5) is 0 Å². The lowest BCUT2D eigenvalue weighted by molar-refractivity contribution is 0.354. The first-order valence-corrected chi connectivity index (χ1v) is 11.1. The molecule has 0 heterocycles. The van der Waals surface area contributed by atoms with Crippen LogP contribution in [0, 0.1) is 6.92 Å². The van der Waals surface area contributed by atoms with E-state index < -0.39 is 16.1 Å². The SMILES string of the molecule is CCC(NS(=O)(=O)c1cc(C(C)C)c(OC)cc1C)c1ccc(OC)c(OC)c1. The quantitative estimate of drug-likeness (QED) is 0.642. The Bertz CT molecular complexity index is 954. The molecular weight excluding hydrogens is 390 g/mol. The van der Waals surface area contributed by atoms with Crippen molar-refractivity contribution in [2.75, 3.05) is 21.3 Å². The topological polar surface area (TPSA) is 73.9 Å². The van der Waals surface area contributed by atoms with Crippen molar-refractivity contribution >= 4 is 10.0 Å². The van der Waals surface area contributed by atoms with Crippen molar-refractivity contribution in [2.24, 2.45) is 0 Å². The average Bonchev–Trinajstić information content (AvgIpc) is 2.70. The Balaban J connectivity index is 2.45. The van der Waals surface area contributed by atoms with Gasteiger partial charge in [-0.1, -0.05) is 26.8 Å². The molecule has 0 spiro atoms. The molecule has 2 aromatic rings. The summed E-state index contributed by atoms with van der Waals surface area (Å²) in [4.78, 5) is 0.265. The summed E-state index contributed by atoms with van der Waals surface area (Å²) in [6.45, 7) is 7.73. The summed E-state index contributed by atoms with van der Waals surface area (Å²) in [5.41, 5.74) is 2.31. The third kappa shape index (κ3) is 5.03. The van der Waals surface area contributed by atoms with E-state index >= 15 is 0 Å². The van der Waals surface area contributed by atoms with Crippen LogP contribution in [0.5, 0.6) is 17.2 Å². The van der Waals surface area contributed by atoms with E-state index in [-0.39, 0.29) is 10.8 Å². The average molecular weight is 422 g/mol. The van der Waals surface area contributed by atoms with Crippen LogP contribution in [0.3, 0.4) is 0 Å². The summed E-state index contributed by atoms with van der Waals surface area (Å²) in [5, 5.41) is 0. The highest BCUT2D eigenvalue weighted by atomic mass is 32.2. The van der Waals surface area contributed by atoms with Crippen molar-refractivity contribution in [2.45, 2.75) is 51.0 Å². The molecule has 0 aliphatic carbocycles. The number of aryl methyl sites for hydroxylation is 1. The number of sulfonamides is 1. The lowest BCUT2D eigenvalue weighted by atomic mass is 10.0. The second-order valence-electron chi connectivity index (χ2n) is 7.21. The fraction of sp³-hybridized carbons (Fsp3) is 0.455. The molecule has 0 aliphatic heterocycles. The van der Waals surface area contributed by atoms with Crippen LogP contribution in [-0.4, -0.2) is 29.7 Å². The normalized spacial score (nSPS) is 12.7. The van der Waals surface area contributed by atoms with Crippen LogP contribution in [0.15, 0.2) is 35.2 Å². The van der Waals surface area contributed by atoms with Gasteiger partial charge in [-0.2, -0.15) is 0 Å². The Kier molecular flexibility index (Phi) is 7.54. The predicted molar refractivity (Wildman–Crippen MR) is 115 cm³/mol. The Morgan fingerprint density at radius 2 is 1.55 bits per heavy atom. The van der Waals surface area contributed by atoms with Gasteiger partial charge in [0.25, 0.3) is 0 Å². The Labute approximate surface area is 174 Å². The number of nitrogens with one attached hydrogen (secondary N) is 1. The highest BCUT2D eigenvalue weighted by Crippen LogP contribution is 2.34. The largest absolute Gasteiger partial charge is 0.496 e. The minimum Gasteiger partial charge on any atom is -0.496 e. The van der Waals surface area contributed by atoms with Gasteiger partial charge in [0, 0.05) is 6.04 Å². The summed E-state index contributed by atoms with van der Waals surface area (Å²) >= 11 is 0. The third-order valence-electron chi connectivity index (χ3n) is 4.95. The summed E-state index contributed by atoms with van der Waals surface area (Å²) < 4.78 is 45.4. The van der Waals surface area contributed by atoms with Crippen molar-refractivity contribution in [3.05, 3.63) is 47.0 Å². The maximum atomic E-state index is 13.2. The second-order valence-corrected chi connectivity index (χ2v) is 8.89. The number of hydrogen-bond donors (Lipinski definition) is 1. The lowest BCUT2D eigenvalue weighted by Crippen LogP contribution is -2.29. The second kappa shape index (κ2) is 9.50. The fourth-order valence-electron chi connectivity index (χ4n) is 3.30. The molecule has 0 radical (unpaired) electrons. The van der Waals surface area contributed by atoms with Crippen molar-refractivity contribution in [3.63, 3.8) is 0 Å². The molecule has 0 fully saturated rings. The Hall–Kier alpha value is -2.25. The van der Waals surface area contributed by atoms with Gasteiger partial charge >= 0.3 is 0 Å². The number of rotatable bonds is 9. The van der Waals surface area contributed by atoms with Gasteiger partial charge in [-0.3, -0.25) is 0 Å². The van der Waals surface area contributed by atoms with Crippen LogP contribution < -0.4 is 18.9 Å². The van der Waals surface area contributed by atoms with Gasteiger partial charge in [-0.05, 0) is 60.2 Å². The van der Waals surface area contributed by atoms with Crippen LogP contribution >= 0.6 is 0 Å². The molecule has 0 saturated heterocycles. The lowest BCUT2D eigenvalue weighted by Gasteiger charge is -2.21. The van der Waals surface area contributed by atoms with Gasteiger partial charge in [0.05, 0.1) is 26.2 Å². The van der Waals surface area contributed by atoms with Crippen LogP contribution in [0.1, 0.15) is 55.8 Å². The van der Waals surface area contributed by atoms with Crippen molar-refractivity contribution in [1.29, 1.82) is 0 Å².